The van der Waals surface area contributed by atoms with E-state index in [0.29, 0.717) is 12.5 Å². The van der Waals surface area contributed by atoms with Crippen LogP contribution in [0.25, 0.3) is 0 Å². The van der Waals surface area contributed by atoms with Gasteiger partial charge in [0.2, 0.25) is 5.95 Å². The van der Waals surface area contributed by atoms with E-state index in [9.17, 15) is 0 Å². The van der Waals surface area contributed by atoms with Gasteiger partial charge in [-0.1, -0.05) is 0 Å². The summed E-state index contributed by atoms with van der Waals surface area (Å²) >= 11 is 0. The third-order valence-corrected chi connectivity index (χ3v) is 4.03. The SMILES string of the molecule is Cc1nc([C@@H]2CCO[C@@H]2CN(C)c2nnc(C)c(C)n2)n[nH]1. The molecule has 8 nitrogen and oxygen atoms in total. The number of anilines is 1. The zero-order valence-corrected chi connectivity index (χ0v) is 13.4. The monoisotopic (exact) mass is 303 g/mol. The molecule has 0 amide bonds. The van der Waals surface area contributed by atoms with Crippen LogP contribution < -0.4 is 4.90 Å². The lowest BCUT2D eigenvalue weighted by molar-refractivity contribution is 0.108. The lowest BCUT2D eigenvalue weighted by Gasteiger charge is -2.23. The minimum atomic E-state index is 0.0328. The van der Waals surface area contributed by atoms with Crippen molar-refractivity contribution in [3.8, 4) is 0 Å². The fourth-order valence-electron chi connectivity index (χ4n) is 2.61. The van der Waals surface area contributed by atoms with Gasteiger partial charge in [0.1, 0.15) is 5.82 Å². The van der Waals surface area contributed by atoms with Gasteiger partial charge in [0.15, 0.2) is 5.82 Å². The second-order valence-electron chi connectivity index (χ2n) is 5.75. The maximum atomic E-state index is 5.86. The highest BCUT2D eigenvalue weighted by molar-refractivity contribution is 5.29. The molecule has 0 radical (unpaired) electrons. The number of hydrogen-bond acceptors (Lipinski definition) is 7. The summed E-state index contributed by atoms with van der Waals surface area (Å²) in [5.74, 6) is 2.47. The summed E-state index contributed by atoms with van der Waals surface area (Å²) in [5.41, 5.74) is 1.74. The number of likely N-dealkylation sites (N-methyl/N-ethyl adjacent to an activating group) is 1. The number of aromatic nitrogens is 6. The van der Waals surface area contributed by atoms with Crippen molar-refractivity contribution in [2.75, 3.05) is 25.1 Å². The normalized spacial score (nSPS) is 21.3. The van der Waals surface area contributed by atoms with E-state index in [1.807, 2.05) is 32.7 Å². The van der Waals surface area contributed by atoms with Crippen molar-refractivity contribution >= 4 is 5.95 Å². The quantitative estimate of drug-likeness (QED) is 0.897. The van der Waals surface area contributed by atoms with E-state index < -0.39 is 0 Å². The van der Waals surface area contributed by atoms with E-state index in [1.165, 1.54) is 0 Å². The van der Waals surface area contributed by atoms with Crippen LogP contribution in [0.2, 0.25) is 0 Å². The van der Waals surface area contributed by atoms with Crippen molar-refractivity contribution in [1.82, 2.24) is 30.4 Å². The van der Waals surface area contributed by atoms with Gasteiger partial charge in [-0.25, -0.2) is 9.97 Å². The Morgan fingerprint density at radius 2 is 2.00 bits per heavy atom. The molecule has 0 spiro atoms. The van der Waals surface area contributed by atoms with Gasteiger partial charge in [-0.15, -0.1) is 5.10 Å². The minimum Gasteiger partial charge on any atom is -0.376 e. The number of nitrogens with one attached hydrogen (secondary N) is 1. The van der Waals surface area contributed by atoms with Gasteiger partial charge in [0, 0.05) is 20.2 Å². The average Bonchev–Trinajstić information content (AvgIpc) is 3.10. The van der Waals surface area contributed by atoms with E-state index in [1.54, 1.807) is 0 Å². The Bertz CT molecular complexity index is 656. The number of hydrogen-bond donors (Lipinski definition) is 1. The summed E-state index contributed by atoms with van der Waals surface area (Å²) in [5, 5.41) is 15.5. The summed E-state index contributed by atoms with van der Waals surface area (Å²) in [7, 11) is 1.95. The predicted octanol–water partition coefficient (Wildman–Crippen LogP) is 0.924. The van der Waals surface area contributed by atoms with Crippen molar-refractivity contribution in [2.24, 2.45) is 0 Å². The molecular weight excluding hydrogens is 282 g/mol. The molecule has 3 rings (SSSR count). The number of aromatic amines is 1. The van der Waals surface area contributed by atoms with Crippen LogP contribution in [-0.4, -0.2) is 56.7 Å². The first-order chi connectivity index (χ1) is 10.5. The van der Waals surface area contributed by atoms with Crippen LogP contribution in [0.1, 0.15) is 35.4 Å². The first kappa shape index (κ1) is 14.8. The van der Waals surface area contributed by atoms with Gasteiger partial charge in [-0.2, -0.15) is 10.2 Å². The van der Waals surface area contributed by atoms with Crippen LogP contribution in [0.15, 0.2) is 0 Å². The molecule has 118 valence electrons. The summed E-state index contributed by atoms with van der Waals surface area (Å²) in [6.07, 6.45) is 0.965. The average molecular weight is 303 g/mol. The minimum absolute atomic E-state index is 0.0328. The van der Waals surface area contributed by atoms with Crippen molar-refractivity contribution in [2.45, 2.75) is 39.2 Å². The molecule has 8 heteroatoms. The fraction of sp³-hybridized carbons (Fsp3) is 0.643. The van der Waals surface area contributed by atoms with Gasteiger partial charge in [0.25, 0.3) is 0 Å². The number of aryl methyl sites for hydroxylation is 3. The molecule has 3 heterocycles. The Morgan fingerprint density at radius 1 is 1.18 bits per heavy atom. The Kier molecular flexibility index (Phi) is 4.02. The highest BCUT2D eigenvalue weighted by Gasteiger charge is 2.33. The molecule has 1 aliphatic rings. The molecule has 1 aliphatic heterocycles. The van der Waals surface area contributed by atoms with Gasteiger partial charge < -0.3 is 9.64 Å². The van der Waals surface area contributed by atoms with Crippen LogP contribution in [-0.2, 0) is 4.74 Å². The summed E-state index contributed by atoms with van der Waals surface area (Å²) in [6.45, 7) is 7.15. The molecule has 2 atom stereocenters. The summed E-state index contributed by atoms with van der Waals surface area (Å²) in [4.78, 5) is 10.9. The molecular formula is C14H21N7O. The van der Waals surface area contributed by atoms with Crippen LogP contribution >= 0.6 is 0 Å². The molecule has 2 aromatic heterocycles. The number of nitrogens with zero attached hydrogens (tertiary/aromatic N) is 6. The smallest absolute Gasteiger partial charge is 0.245 e. The number of H-pyrrole nitrogens is 1. The largest absolute Gasteiger partial charge is 0.376 e. The number of ether oxygens (including phenoxy) is 1. The molecule has 22 heavy (non-hydrogen) atoms. The lowest BCUT2D eigenvalue weighted by Crippen LogP contribution is -2.33. The van der Waals surface area contributed by atoms with Crippen molar-refractivity contribution in [1.29, 1.82) is 0 Å². The Hall–Kier alpha value is -2.09. The Labute approximate surface area is 129 Å². The molecule has 0 bridgehead atoms. The predicted molar refractivity (Wildman–Crippen MR) is 80.8 cm³/mol. The van der Waals surface area contributed by atoms with Crippen LogP contribution in [0.5, 0.6) is 0 Å². The highest BCUT2D eigenvalue weighted by Crippen LogP contribution is 2.30. The maximum Gasteiger partial charge on any atom is 0.245 e. The first-order valence-corrected chi connectivity index (χ1v) is 7.44. The van der Waals surface area contributed by atoms with E-state index in [2.05, 4.69) is 30.4 Å². The number of rotatable bonds is 4. The van der Waals surface area contributed by atoms with Crippen LogP contribution in [0.3, 0.4) is 0 Å². The first-order valence-electron chi connectivity index (χ1n) is 7.44. The Balaban J connectivity index is 1.72. The van der Waals surface area contributed by atoms with Crippen molar-refractivity contribution in [3.05, 3.63) is 23.0 Å². The molecule has 1 N–H and O–H groups in total. The van der Waals surface area contributed by atoms with Gasteiger partial charge in [0.05, 0.1) is 23.4 Å². The third-order valence-electron chi connectivity index (χ3n) is 4.03. The zero-order valence-electron chi connectivity index (χ0n) is 13.4. The molecule has 0 aromatic carbocycles. The zero-order chi connectivity index (χ0) is 15.7. The van der Waals surface area contributed by atoms with E-state index in [4.69, 9.17) is 4.74 Å². The second kappa shape index (κ2) is 5.96. The molecule has 1 fully saturated rings. The highest BCUT2D eigenvalue weighted by atomic mass is 16.5. The van der Waals surface area contributed by atoms with E-state index in [-0.39, 0.29) is 12.0 Å². The third kappa shape index (κ3) is 2.92. The maximum absolute atomic E-state index is 5.86. The van der Waals surface area contributed by atoms with E-state index >= 15 is 0 Å². The molecule has 1 saturated heterocycles. The van der Waals surface area contributed by atoms with Gasteiger partial charge in [-0.05, 0) is 27.2 Å². The van der Waals surface area contributed by atoms with Crippen molar-refractivity contribution in [3.63, 3.8) is 0 Å². The molecule has 0 saturated carbocycles. The Morgan fingerprint density at radius 3 is 2.68 bits per heavy atom. The van der Waals surface area contributed by atoms with Crippen LogP contribution in [0.4, 0.5) is 5.95 Å². The lowest BCUT2D eigenvalue weighted by atomic mass is 10.0. The fourth-order valence-corrected chi connectivity index (χ4v) is 2.61. The van der Waals surface area contributed by atoms with Crippen LogP contribution in [0, 0.1) is 20.8 Å². The molecule has 0 unspecified atom stereocenters. The second-order valence-corrected chi connectivity index (χ2v) is 5.75. The molecule has 0 aliphatic carbocycles. The summed E-state index contributed by atoms with van der Waals surface area (Å²) < 4.78 is 5.86. The summed E-state index contributed by atoms with van der Waals surface area (Å²) in [6, 6.07) is 0. The molecule has 2 aromatic rings. The van der Waals surface area contributed by atoms with Crippen molar-refractivity contribution < 1.29 is 4.74 Å². The van der Waals surface area contributed by atoms with Gasteiger partial charge in [-0.3, -0.25) is 5.10 Å². The van der Waals surface area contributed by atoms with Gasteiger partial charge >= 0.3 is 0 Å². The topological polar surface area (TPSA) is 92.7 Å². The standard InChI is InChI=1S/C14H21N7O/c1-8-9(2)17-20-14(15-8)21(4)7-12-11(5-6-22-12)13-16-10(3)18-19-13/h11-12H,5-7H2,1-4H3,(H,16,18,19)/t11-,12-/m1/s1. The van der Waals surface area contributed by atoms with E-state index in [0.717, 1.165) is 36.1 Å².